The second kappa shape index (κ2) is 7.84. The minimum absolute atomic E-state index is 0.0573. The second-order valence-corrected chi connectivity index (χ2v) is 9.40. The third-order valence-electron chi connectivity index (χ3n) is 4.36. The summed E-state index contributed by atoms with van der Waals surface area (Å²) in [7, 11) is 0. The molecular formula is C20H23NO3S2. The summed E-state index contributed by atoms with van der Waals surface area (Å²) in [5, 5.41) is 13.2. The van der Waals surface area contributed by atoms with Gasteiger partial charge in [-0.05, 0) is 36.3 Å². The molecule has 1 aromatic carbocycles. The molecule has 0 spiro atoms. The number of oxime groups is 1. The van der Waals surface area contributed by atoms with Crippen molar-refractivity contribution in [1.29, 1.82) is 0 Å². The first kappa shape index (κ1) is 19.0. The van der Waals surface area contributed by atoms with Crippen LogP contribution in [0.25, 0.3) is 0 Å². The highest BCUT2D eigenvalue weighted by atomic mass is 32.2. The Morgan fingerprint density at radius 3 is 2.69 bits per heavy atom. The lowest BCUT2D eigenvalue weighted by Gasteiger charge is -2.30. The number of hydrogen-bond acceptors (Lipinski definition) is 6. The van der Waals surface area contributed by atoms with Gasteiger partial charge in [0, 0.05) is 11.3 Å². The fourth-order valence-electron chi connectivity index (χ4n) is 3.26. The van der Waals surface area contributed by atoms with E-state index in [1.807, 2.05) is 25.1 Å². The highest BCUT2D eigenvalue weighted by Gasteiger charge is 2.37. The van der Waals surface area contributed by atoms with Gasteiger partial charge in [-0.15, -0.1) is 23.1 Å². The summed E-state index contributed by atoms with van der Waals surface area (Å²) in [6.07, 6.45) is 1.46. The van der Waals surface area contributed by atoms with Crippen LogP contribution >= 0.6 is 23.1 Å². The Hall–Kier alpha value is -1.79. The van der Waals surface area contributed by atoms with E-state index in [-0.39, 0.29) is 11.4 Å². The van der Waals surface area contributed by atoms with Crippen LogP contribution in [0.1, 0.15) is 53.6 Å². The number of ether oxygens (including phenoxy) is 1. The van der Waals surface area contributed by atoms with Crippen molar-refractivity contribution in [2.75, 3.05) is 6.61 Å². The first-order chi connectivity index (χ1) is 12.4. The Morgan fingerprint density at radius 1 is 1.31 bits per heavy atom. The van der Waals surface area contributed by atoms with Crippen molar-refractivity contribution in [3.8, 4) is 0 Å². The molecule has 3 rings (SSSR count). The first-order valence-corrected chi connectivity index (χ1v) is 10.5. The van der Waals surface area contributed by atoms with Crippen LogP contribution in [-0.4, -0.2) is 23.5 Å². The number of benzene rings is 1. The summed E-state index contributed by atoms with van der Waals surface area (Å²) in [6, 6.07) is 10.2. The molecule has 6 heteroatoms. The average molecular weight is 390 g/mol. The highest BCUT2D eigenvalue weighted by Crippen LogP contribution is 2.46. The summed E-state index contributed by atoms with van der Waals surface area (Å²) in [6.45, 7) is 6.42. The van der Waals surface area contributed by atoms with Crippen molar-refractivity contribution in [3.63, 3.8) is 0 Å². The van der Waals surface area contributed by atoms with Crippen LogP contribution in [0.3, 0.4) is 0 Å². The van der Waals surface area contributed by atoms with Crippen molar-refractivity contribution < 1.29 is 14.7 Å². The molecule has 138 valence electrons. The van der Waals surface area contributed by atoms with Gasteiger partial charge >= 0.3 is 5.97 Å². The quantitative estimate of drug-likeness (QED) is 0.323. The molecule has 26 heavy (non-hydrogen) atoms. The molecule has 0 amide bonds. The number of thiophene rings is 1. The van der Waals surface area contributed by atoms with E-state index >= 15 is 0 Å². The van der Waals surface area contributed by atoms with Gasteiger partial charge in [0.05, 0.1) is 16.5 Å². The fraction of sp³-hybridized carbons (Fsp3) is 0.400. The second-order valence-electron chi connectivity index (χ2n) is 7.13. The molecule has 2 aromatic rings. The molecule has 1 heterocycles. The van der Waals surface area contributed by atoms with Gasteiger partial charge in [0.25, 0.3) is 0 Å². The molecule has 1 aliphatic carbocycles. The molecule has 1 N–H and O–H groups in total. The predicted octanol–water partition coefficient (Wildman–Crippen LogP) is 5.37. The van der Waals surface area contributed by atoms with Crippen molar-refractivity contribution in [1.82, 2.24) is 0 Å². The molecule has 0 unspecified atom stereocenters. The van der Waals surface area contributed by atoms with Crippen LogP contribution in [0, 0.1) is 5.41 Å². The molecule has 0 saturated carbocycles. The summed E-state index contributed by atoms with van der Waals surface area (Å²) in [5.41, 5.74) is 3.72. The topological polar surface area (TPSA) is 58.9 Å². The van der Waals surface area contributed by atoms with Gasteiger partial charge in [0.1, 0.15) is 4.88 Å². The zero-order valence-electron chi connectivity index (χ0n) is 15.2. The van der Waals surface area contributed by atoms with Crippen molar-refractivity contribution in [2.45, 2.75) is 43.6 Å². The van der Waals surface area contributed by atoms with Crippen molar-refractivity contribution in [2.24, 2.45) is 10.6 Å². The number of thioether (sulfide) groups is 1. The molecule has 0 bridgehead atoms. The molecule has 1 aromatic heterocycles. The lowest BCUT2D eigenvalue weighted by Crippen LogP contribution is -2.28. The predicted molar refractivity (Wildman–Crippen MR) is 107 cm³/mol. The number of hydrogen-bond donors (Lipinski definition) is 1. The summed E-state index contributed by atoms with van der Waals surface area (Å²) < 4.78 is 6.29. The Bertz CT molecular complexity index is 825. The van der Waals surface area contributed by atoms with Gasteiger partial charge in [-0.2, -0.15) is 0 Å². The third kappa shape index (κ3) is 3.96. The van der Waals surface area contributed by atoms with Crippen LogP contribution in [0.2, 0.25) is 0 Å². The van der Waals surface area contributed by atoms with Gasteiger partial charge in [-0.1, -0.05) is 49.3 Å². The van der Waals surface area contributed by atoms with Gasteiger partial charge in [-0.25, -0.2) is 4.79 Å². The summed E-state index contributed by atoms with van der Waals surface area (Å²) in [5.74, 6) is 0.522. The Labute approximate surface area is 162 Å². The molecule has 1 aliphatic rings. The number of carbonyl (C=O) groups excluding carboxylic acids is 1. The number of carbonyl (C=O) groups is 1. The maximum Gasteiger partial charge on any atom is 0.348 e. The van der Waals surface area contributed by atoms with Crippen LogP contribution in [-0.2, 0) is 16.9 Å². The van der Waals surface area contributed by atoms with E-state index in [4.69, 9.17) is 4.74 Å². The minimum atomic E-state index is -0.282. The van der Waals surface area contributed by atoms with Gasteiger partial charge in [0.15, 0.2) is 0 Å². The lowest BCUT2D eigenvalue weighted by molar-refractivity contribution is 0.0530. The van der Waals surface area contributed by atoms with E-state index in [1.165, 1.54) is 16.9 Å². The number of fused-ring (bicyclic) bond motifs is 1. The molecule has 0 saturated heterocycles. The Balaban J connectivity index is 2.00. The smallest absolute Gasteiger partial charge is 0.348 e. The third-order valence-corrected chi connectivity index (χ3v) is 6.91. The normalized spacial score (nSPS) is 17.1. The van der Waals surface area contributed by atoms with Gasteiger partial charge < -0.3 is 9.94 Å². The molecule has 4 nitrogen and oxygen atoms in total. The zero-order chi connectivity index (χ0) is 18.7. The molecule has 0 aliphatic heterocycles. The fourth-order valence-corrected chi connectivity index (χ4v) is 5.76. The molecular weight excluding hydrogens is 366 g/mol. The molecule has 0 fully saturated rings. The van der Waals surface area contributed by atoms with E-state index in [1.54, 1.807) is 11.8 Å². The minimum Gasteiger partial charge on any atom is -0.462 e. The highest BCUT2D eigenvalue weighted by molar-refractivity contribution is 8.00. The largest absolute Gasteiger partial charge is 0.462 e. The van der Waals surface area contributed by atoms with Gasteiger partial charge in [0.2, 0.25) is 0 Å². The maximum absolute atomic E-state index is 12.5. The Kier molecular flexibility index (Phi) is 5.73. The lowest BCUT2D eigenvalue weighted by atomic mass is 9.74. The Morgan fingerprint density at radius 2 is 2.04 bits per heavy atom. The van der Waals surface area contributed by atoms with Crippen LogP contribution in [0.4, 0.5) is 0 Å². The maximum atomic E-state index is 12.5. The van der Waals surface area contributed by atoms with Gasteiger partial charge in [-0.3, -0.25) is 0 Å². The number of esters is 1. The zero-order valence-corrected chi connectivity index (χ0v) is 16.9. The average Bonchev–Trinajstić information content (AvgIpc) is 2.97. The first-order valence-electron chi connectivity index (χ1n) is 8.66. The van der Waals surface area contributed by atoms with Crippen LogP contribution in [0.5, 0.6) is 0 Å². The summed E-state index contributed by atoms with van der Waals surface area (Å²) >= 11 is 3.14. The van der Waals surface area contributed by atoms with Crippen LogP contribution in [0.15, 0.2) is 39.7 Å². The van der Waals surface area contributed by atoms with E-state index < -0.39 is 0 Å². The van der Waals surface area contributed by atoms with Crippen molar-refractivity contribution in [3.05, 3.63) is 51.9 Å². The van der Waals surface area contributed by atoms with Crippen LogP contribution < -0.4 is 0 Å². The van der Waals surface area contributed by atoms with E-state index in [2.05, 4.69) is 31.1 Å². The summed E-state index contributed by atoms with van der Waals surface area (Å²) in [4.78, 5) is 13.1. The van der Waals surface area contributed by atoms with Crippen molar-refractivity contribution >= 4 is 34.8 Å². The van der Waals surface area contributed by atoms with E-state index in [0.717, 1.165) is 27.5 Å². The number of nitrogens with zero attached hydrogens (tertiary/aromatic N) is 1. The monoisotopic (exact) mass is 389 g/mol. The molecule has 0 radical (unpaired) electrons. The number of rotatable bonds is 5. The van der Waals surface area contributed by atoms with E-state index in [0.29, 0.717) is 23.6 Å². The molecule has 0 atom stereocenters. The SMILES string of the molecule is CCOC(=O)c1sc(SCc2ccccc2)c2c1CC(C)(C)C/C2=N\O. The standard InChI is InChI=1S/C20H23NO3S2/c1-4-24-18(22)17-14-10-20(2,3)11-15(21-23)16(14)19(26-17)25-12-13-8-6-5-7-9-13/h5-9,23H,4,10-12H2,1-3H3/b21-15+. The van der Waals surface area contributed by atoms with E-state index in [9.17, 15) is 10.0 Å².